The first-order valence-electron chi connectivity index (χ1n) is 21.2. The van der Waals surface area contributed by atoms with E-state index in [-0.39, 0.29) is 48.5 Å². The number of cyclic esters (lactones) is 1. The smallest absolute Gasteiger partial charge is 0.329 e. The van der Waals surface area contributed by atoms with Crippen LogP contribution in [0.4, 0.5) is 0 Å². The number of methoxy groups -OCH3 is 3. The zero-order valence-electron chi connectivity index (χ0n) is 35.5. The maximum atomic E-state index is 14.3. The van der Waals surface area contributed by atoms with Gasteiger partial charge >= 0.3 is 5.97 Å². The van der Waals surface area contributed by atoms with Crippen molar-refractivity contribution < 1.29 is 53.1 Å². The number of carbonyl (C=O) groups is 4. The third kappa shape index (κ3) is 11.2. The molecule has 2 saturated heterocycles. The number of hydrogen-bond acceptors (Lipinski definition) is 11. The molecule has 3 fully saturated rings. The van der Waals surface area contributed by atoms with Crippen LogP contribution in [0, 0.1) is 29.6 Å². The predicted octanol–water partition coefficient (Wildman–Crippen LogP) is 5.89. The van der Waals surface area contributed by atoms with Crippen LogP contribution in [-0.4, -0.2) is 115 Å². The van der Waals surface area contributed by atoms with Crippen LogP contribution in [0.15, 0.2) is 23.3 Å². The Bertz CT molecular complexity index is 1410. The molecule has 13 atom stereocenters. The van der Waals surface area contributed by atoms with E-state index in [4.69, 9.17) is 23.7 Å². The van der Waals surface area contributed by atoms with Crippen molar-refractivity contribution in [2.45, 2.75) is 173 Å². The quantitative estimate of drug-likeness (QED) is 0.180. The van der Waals surface area contributed by atoms with E-state index in [9.17, 15) is 29.4 Å². The Labute approximate surface area is 335 Å². The number of aliphatic hydroxyl groups is 2. The van der Waals surface area contributed by atoms with Crippen LogP contribution in [-0.2, 0) is 42.9 Å². The van der Waals surface area contributed by atoms with Crippen molar-refractivity contribution in [3.63, 3.8) is 0 Å². The van der Waals surface area contributed by atoms with E-state index in [1.165, 1.54) is 4.90 Å². The molecule has 1 saturated carbocycles. The summed E-state index contributed by atoms with van der Waals surface area (Å²) in [5.74, 6) is -6.14. The van der Waals surface area contributed by atoms with Crippen molar-refractivity contribution in [2.75, 3.05) is 27.9 Å². The van der Waals surface area contributed by atoms with Crippen LogP contribution in [0.2, 0.25) is 0 Å². The SMILES string of the molecule is CCCC1/C=C(\C)CC(C)CC(OC)C2OC(O)(C(=O)C(=O)N3CCCCC3C(=O)OC(C(C)=CC3CCC(O)C(OC)C3)C(C)CCC1=O)C(C)CC2OC. The van der Waals surface area contributed by atoms with E-state index in [2.05, 4.69) is 26.0 Å². The zero-order chi connectivity index (χ0) is 41.3. The number of rotatable bonds is 7. The Balaban J connectivity index is 1.74. The summed E-state index contributed by atoms with van der Waals surface area (Å²) in [5, 5.41) is 22.5. The Hall–Kier alpha value is -2.48. The summed E-state index contributed by atoms with van der Waals surface area (Å²) in [6.45, 7) is 11.9. The largest absolute Gasteiger partial charge is 0.456 e. The Kier molecular flexibility index (Phi) is 17.3. The molecular weight excluding hydrogens is 718 g/mol. The Morgan fingerprint density at radius 1 is 0.946 bits per heavy atom. The number of ether oxygens (including phenoxy) is 5. The molecule has 3 heterocycles. The number of esters is 1. The molecule has 2 N–H and O–H groups in total. The number of ketones is 2. The van der Waals surface area contributed by atoms with Crippen LogP contribution < -0.4 is 0 Å². The molecule has 13 unspecified atom stereocenters. The van der Waals surface area contributed by atoms with Crippen LogP contribution in [0.5, 0.6) is 0 Å². The molecule has 12 heteroatoms. The molecule has 56 heavy (non-hydrogen) atoms. The maximum Gasteiger partial charge on any atom is 0.329 e. The molecule has 2 bridgehead atoms. The molecule has 1 amide bonds. The summed E-state index contributed by atoms with van der Waals surface area (Å²) in [7, 11) is 4.71. The van der Waals surface area contributed by atoms with Crippen molar-refractivity contribution in [1.29, 1.82) is 0 Å². The zero-order valence-corrected chi connectivity index (χ0v) is 35.5. The van der Waals surface area contributed by atoms with E-state index in [1.54, 1.807) is 28.3 Å². The van der Waals surface area contributed by atoms with Gasteiger partial charge in [-0.15, -0.1) is 0 Å². The number of allylic oxidation sites excluding steroid dienone is 3. The number of carbonyl (C=O) groups excluding carboxylic acids is 4. The molecule has 4 aliphatic rings. The van der Waals surface area contributed by atoms with E-state index in [1.807, 2.05) is 20.8 Å². The summed E-state index contributed by atoms with van der Waals surface area (Å²) < 4.78 is 30.0. The number of hydrogen-bond donors (Lipinski definition) is 2. The van der Waals surface area contributed by atoms with Gasteiger partial charge < -0.3 is 38.8 Å². The highest BCUT2D eigenvalue weighted by atomic mass is 16.7. The van der Waals surface area contributed by atoms with Gasteiger partial charge in [0.2, 0.25) is 5.79 Å². The summed E-state index contributed by atoms with van der Waals surface area (Å²) in [6, 6.07) is -1.04. The topological polar surface area (TPSA) is 158 Å². The minimum absolute atomic E-state index is 0.0907. The lowest BCUT2D eigenvalue weighted by molar-refractivity contribution is -0.302. The van der Waals surface area contributed by atoms with E-state index >= 15 is 0 Å². The molecule has 1 aliphatic carbocycles. The molecular formula is C44H71NO11. The summed E-state index contributed by atoms with van der Waals surface area (Å²) in [5.41, 5.74) is 1.92. The van der Waals surface area contributed by atoms with E-state index in [0.29, 0.717) is 57.8 Å². The van der Waals surface area contributed by atoms with Gasteiger partial charge in [-0.2, -0.15) is 0 Å². The highest BCUT2D eigenvalue weighted by Crippen LogP contribution is 2.39. The van der Waals surface area contributed by atoms with E-state index < -0.39 is 65.9 Å². The lowest BCUT2D eigenvalue weighted by atomic mass is 9.82. The second-order valence-corrected chi connectivity index (χ2v) is 17.4. The van der Waals surface area contributed by atoms with Crippen molar-refractivity contribution in [3.05, 3.63) is 23.3 Å². The monoisotopic (exact) mass is 790 g/mol. The lowest BCUT2D eigenvalue weighted by Gasteiger charge is -2.47. The summed E-state index contributed by atoms with van der Waals surface area (Å²) in [6.07, 6.45) is 8.07. The van der Waals surface area contributed by atoms with Crippen LogP contribution in [0.1, 0.15) is 125 Å². The van der Waals surface area contributed by atoms with Gasteiger partial charge in [-0.05, 0) is 108 Å². The molecule has 0 aromatic carbocycles. The number of aliphatic hydroxyl groups excluding tert-OH is 1. The van der Waals surface area contributed by atoms with Gasteiger partial charge in [-0.3, -0.25) is 14.4 Å². The molecule has 0 radical (unpaired) electrons. The first kappa shape index (κ1) is 46.2. The number of nitrogens with zero attached hydrogens (tertiary/aromatic N) is 1. The van der Waals surface area contributed by atoms with Crippen molar-refractivity contribution in [1.82, 2.24) is 4.90 Å². The standard InChI is InChI=1S/C44H71NO11/c1-10-13-32-21-26(2)20-27(3)22-37(53-8)40-38(54-9)24-30(6)44(51,56-40)41(48)42(49)45-19-12-11-14-33(45)43(50)55-39(28(4)15-17-34(32)46)29(5)23-31-16-18-35(47)36(25-31)52-7/h21,23,27-28,30-33,35-40,47,51H,10-20,22,24-25H2,1-9H3/b26-21+,29-23?. The first-order valence-corrected chi connectivity index (χ1v) is 21.2. The number of fused-ring (bicyclic) bond motifs is 3. The molecule has 0 spiro atoms. The van der Waals surface area contributed by atoms with Gasteiger partial charge in [0.15, 0.2) is 0 Å². The fraction of sp³-hybridized carbons (Fsp3) is 0.818. The van der Waals surface area contributed by atoms with Gasteiger partial charge in [-0.25, -0.2) is 4.79 Å². The average molecular weight is 790 g/mol. The van der Waals surface area contributed by atoms with E-state index in [0.717, 1.165) is 30.4 Å². The van der Waals surface area contributed by atoms with Gasteiger partial charge in [0, 0.05) is 46.1 Å². The van der Waals surface area contributed by atoms with Crippen molar-refractivity contribution in [3.8, 4) is 0 Å². The predicted molar refractivity (Wildman–Crippen MR) is 211 cm³/mol. The van der Waals surface area contributed by atoms with Gasteiger partial charge in [0.1, 0.15) is 24.0 Å². The number of amides is 1. The Morgan fingerprint density at radius 3 is 2.29 bits per heavy atom. The van der Waals surface area contributed by atoms with Crippen molar-refractivity contribution in [2.24, 2.45) is 29.6 Å². The van der Waals surface area contributed by atoms with Crippen LogP contribution in [0.25, 0.3) is 0 Å². The first-order chi connectivity index (χ1) is 26.6. The summed E-state index contributed by atoms with van der Waals surface area (Å²) in [4.78, 5) is 57.9. The fourth-order valence-corrected chi connectivity index (χ4v) is 9.61. The second kappa shape index (κ2) is 21.0. The van der Waals surface area contributed by atoms with Gasteiger partial charge in [0.25, 0.3) is 11.7 Å². The second-order valence-electron chi connectivity index (χ2n) is 17.4. The number of piperidine rings is 1. The summed E-state index contributed by atoms with van der Waals surface area (Å²) >= 11 is 0. The minimum atomic E-state index is -2.46. The molecule has 0 aromatic rings. The number of Topliss-reactive ketones (excluding diaryl/α,β-unsaturated/α-hetero) is 2. The van der Waals surface area contributed by atoms with Crippen molar-refractivity contribution >= 4 is 23.4 Å². The average Bonchev–Trinajstić information content (AvgIpc) is 3.18. The fourth-order valence-electron chi connectivity index (χ4n) is 9.61. The molecule has 4 rings (SSSR count). The maximum absolute atomic E-state index is 14.3. The molecule has 12 nitrogen and oxygen atoms in total. The normalized spacial score (nSPS) is 40.2. The Morgan fingerprint density at radius 2 is 1.62 bits per heavy atom. The van der Waals surface area contributed by atoms with Crippen LogP contribution in [0.3, 0.4) is 0 Å². The lowest BCUT2D eigenvalue weighted by Crippen LogP contribution is -2.64. The van der Waals surface area contributed by atoms with Gasteiger partial charge in [-0.1, -0.05) is 51.8 Å². The van der Waals surface area contributed by atoms with Crippen LogP contribution >= 0.6 is 0 Å². The van der Waals surface area contributed by atoms with Gasteiger partial charge in [0.05, 0.1) is 24.4 Å². The molecule has 0 aromatic heterocycles. The minimum Gasteiger partial charge on any atom is -0.456 e. The molecule has 318 valence electrons. The third-order valence-electron chi connectivity index (χ3n) is 12.9. The molecule has 3 aliphatic heterocycles. The highest BCUT2D eigenvalue weighted by Gasteiger charge is 2.56. The highest BCUT2D eigenvalue weighted by molar-refractivity contribution is 6.39. The third-order valence-corrected chi connectivity index (χ3v) is 12.9.